The molecule has 1 amide bonds. The molecule has 1 saturated carbocycles. The van der Waals surface area contributed by atoms with Gasteiger partial charge in [0.25, 0.3) is 0 Å². The summed E-state index contributed by atoms with van der Waals surface area (Å²) in [4.78, 5) is 17.0. The topological polar surface area (TPSA) is 77.3 Å². The van der Waals surface area contributed by atoms with Crippen molar-refractivity contribution in [2.24, 2.45) is 10.9 Å². The molecule has 1 aromatic rings. The highest BCUT2D eigenvalue weighted by Gasteiger charge is 2.47. The molecule has 120 valence electrons. The minimum absolute atomic E-state index is 0.308. The minimum Gasteiger partial charge on any atom is -0.325 e. The lowest BCUT2D eigenvalue weighted by Gasteiger charge is -2.39. The van der Waals surface area contributed by atoms with E-state index in [0.29, 0.717) is 21.7 Å². The summed E-state index contributed by atoms with van der Waals surface area (Å²) in [6.07, 6.45) is 4.56. The second kappa shape index (κ2) is 6.38. The molecule has 0 unspecified atom stereocenters. The molecule has 0 aromatic heterocycles. The number of halogens is 2. The van der Waals surface area contributed by atoms with Gasteiger partial charge in [-0.2, -0.15) is 5.26 Å². The van der Waals surface area contributed by atoms with Gasteiger partial charge >= 0.3 is 0 Å². The van der Waals surface area contributed by atoms with Gasteiger partial charge in [-0.15, -0.1) is 0 Å². The number of aliphatic imine (C=N–C) groups is 1. The SMILES string of the molecule is N#C[C@H]1C(=O)NC(Nc2ccc(Cl)cc2Cl)=NC12CCCCC2. The lowest BCUT2D eigenvalue weighted by atomic mass is 9.72. The Morgan fingerprint density at radius 2 is 2.04 bits per heavy atom. The molecule has 1 aliphatic heterocycles. The van der Waals surface area contributed by atoms with Gasteiger partial charge in [-0.25, -0.2) is 4.99 Å². The zero-order chi connectivity index (χ0) is 16.4. The molecule has 1 atom stereocenters. The molecule has 2 N–H and O–H groups in total. The monoisotopic (exact) mass is 350 g/mol. The van der Waals surface area contributed by atoms with Gasteiger partial charge < -0.3 is 5.32 Å². The Morgan fingerprint density at radius 1 is 1.30 bits per heavy atom. The highest BCUT2D eigenvalue weighted by atomic mass is 35.5. The van der Waals surface area contributed by atoms with Crippen LogP contribution in [-0.2, 0) is 4.79 Å². The van der Waals surface area contributed by atoms with Gasteiger partial charge in [-0.05, 0) is 31.0 Å². The normalized spacial score (nSPS) is 22.9. The Bertz CT molecular complexity index is 705. The van der Waals surface area contributed by atoms with Gasteiger partial charge in [0.15, 0.2) is 5.92 Å². The zero-order valence-electron chi connectivity index (χ0n) is 12.4. The second-order valence-corrected chi connectivity index (χ2v) is 6.77. The molecule has 2 aliphatic rings. The van der Waals surface area contributed by atoms with Crippen molar-refractivity contribution in [1.82, 2.24) is 5.32 Å². The number of nitrogens with one attached hydrogen (secondary N) is 2. The summed E-state index contributed by atoms with van der Waals surface area (Å²) in [6, 6.07) is 7.17. The molecule has 0 saturated heterocycles. The first kappa shape index (κ1) is 16.1. The summed E-state index contributed by atoms with van der Waals surface area (Å²) in [5.41, 5.74) is -0.0205. The highest BCUT2D eigenvalue weighted by Crippen LogP contribution is 2.39. The van der Waals surface area contributed by atoms with Gasteiger partial charge in [-0.3, -0.25) is 10.1 Å². The predicted molar refractivity (Wildman–Crippen MR) is 90.6 cm³/mol. The molecular weight excluding hydrogens is 335 g/mol. The molecule has 0 radical (unpaired) electrons. The second-order valence-electron chi connectivity index (χ2n) is 5.93. The first-order valence-electron chi connectivity index (χ1n) is 7.56. The summed E-state index contributed by atoms with van der Waals surface area (Å²) in [7, 11) is 0. The predicted octanol–water partition coefficient (Wildman–Crippen LogP) is 3.73. The molecule has 1 aliphatic carbocycles. The fraction of sp³-hybridized carbons (Fsp3) is 0.438. The van der Waals surface area contributed by atoms with Crippen molar-refractivity contribution >= 4 is 40.8 Å². The van der Waals surface area contributed by atoms with E-state index in [1.165, 1.54) is 0 Å². The first-order valence-corrected chi connectivity index (χ1v) is 8.32. The Labute approximate surface area is 144 Å². The van der Waals surface area contributed by atoms with Gasteiger partial charge in [0.1, 0.15) is 0 Å². The molecule has 1 heterocycles. The van der Waals surface area contributed by atoms with Crippen LogP contribution in [0.1, 0.15) is 32.1 Å². The van der Waals surface area contributed by atoms with Crippen LogP contribution in [0.4, 0.5) is 5.69 Å². The number of anilines is 1. The molecule has 7 heteroatoms. The Hall–Kier alpha value is -1.77. The van der Waals surface area contributed by atoms with Crippen molar-refractivity contribution in [3.05, 3.63) is 28.2 Å². The molecule has 0 bridgehead atoms. The average Bonchev–Trinajstić information content (AvgIpc) is 2.51. The fourth-order valence-corrected chi connectivity index (χ4v) is 3.72. The quantitative estimate of drug-likeness (QED) is 0.809. The number of carbonyl (C=O) groups excluding carboxylic acids is 1. The minimum atomic E-state index is -0.742. The van der Waals surface area contributed by atoms with Crippen LogP contribution in [0.15, 0.2) is 23.2 Å². The van der Waals surface area contributed by atoms with Crippen LogP contribution >= 0.6 is 23.2 Å². The molecule has 1 spiro atoms. The van der Waals surface area contributed by atoms with E-state index in [1.54, 1.807) is 18.2 Å². The van der Waals surface area contributed by atoms with Crippen LogP contribution in [0.2, 0.25) is 10.0 Å². The summed E-state index contributed by atoms with van der Waals surface area (Å²) < 4.78 is 0. The Morgan fingerprint density at radius 3 is 2.70 bits per heavy atom. The molecule has 3 rings (SSSR count). The maximum Gasteiger partial charge on any atom is 0.246 e. The molecule has 1 aromatic carbocycles. The Kier molecular flexibility index (Phi) is 4.47. The van der Waals surface area contributed by atoms with Crippen molar-refractivity contribution in [2.75, 3.05) is 5.32 Å². The maximum absolute atomic E-state index is 12.3. The van der Waals surface area contributed by atoms with Crippen LogP contribution in [0.5, 0.6) is 0 Å². The third kappa shape index (κ3) is 3.15. The van der Waals surface area contributed by atoms with E-state index in [9.17, 15) is 10.1 Å². The van der Waals surface area contributed by atoms with Crippen molar-refractivity contribution in [3.8, 4) is 6.07 Å². The van der Waals surface area contributed by atoms with E-state index in [0.717, 1.165) is 32.1 Å². The smallest absolute Gasteiger partial charge is 0.246 e. The van der Waals surface area contributed by atoms with Crippen molar-refractivity contribution < 1.29 is 4.79 Å². The summed E-state index contributed by atoms with van der Waals surface area (Å²) in [5, 5.41) is 16.1. The number of benzene rings is 1. The van der Waals surface area contributed by atoms with Crippen LogP contribution in [0, 0.1) is 17.2 Å². The first-order chi connectivity index (χ1) is 11.0. The number of nitriles is 1. The van der Waals surface area contributed by atoms with Gasteiger partial charge in [0.05, 0.1) is 22.3 Å². The maximum atomic E-state index is 12.3. The van der Waals surface area contributed by atoms with Crippen molar-refractivity contribution in [3.63, 3.8) is 0 Å². The largest absolute Gasteiger partial charge is 0.325 e. The van der Waals surface area contributed by atoms with Crippen molar-refractivity contribution in [1.29, 1.82) is 5.26 Å². The third-order valence-corrected chi connectivity index (χ3v) is 4.96. The number of rotatable bonds is 1. The highest BCUT2D eigenvalue weighted by molar-refractivity contribution is 6.36. The van der Waals surface area contributed by atoms with Crippen molar-refractivity contribution in [2.45, 2.75) is 37.6 Å². The lowest BCUT2D eigenvalue weighted by Crippen LogP contribution is -2.55. The van der Waals surface area contributed by atoms with E-state index < -0.39 is 11.5 Å². The van der Waals surface area contributed by atoms with Gasteiger partial charge in [-0.1, -0.05) is 42.5 Å². The van der Waals surface area contributed by atoms with E-state index in [2.05, 4.69) is 16.7 Å². The number of carbonyl (C=O) groups is 1. The van der Waals surface area contributed by atoms with E-state index in [1.807, 2.05) is 0 Å². The summed E-state index contributed by atoms with van der Waals surface area (Å²) in [6.45, 7) is 0. The number of nitrogens with zero attached hydrogens (tertiary/aromatic N) is 2. The zero-order valence-corrected chi connectivity index (χ0v) is 13.9. The van der Waals surface area contributed by atoms with Gasteiger partial charge in [0, 0.05) is 5.02 Å². The van der Waals surface area contributed by atoms with E-state index in [-0.39, 0.29) is 5.91 Å². The van der Waals surface area contributed by atoms with Crippen LogP contribution < -0.4 is 10.6 Å². The standard InChI is InChI=1S/C16H16Cl2N4O/c17-10-4-5-13(12(18)8-10)20-15-21-14(23)11(9-19)16(22-15)6-2-1-3-7-16/h4-5,8,11H,1-3,6-7H2,(H2,20,21,22,23)/t11-/m0/s1. The van der Waals surface area contributed by atoms with Crippen LogP contribution in [-0.4, -0.2) is 17.4 Å². The molecular formula is C16H16Cl2N4O. The summed E-state index contributed by atoms with van der Waals surface area (Å²) >= 11 is 12.0. The molecule has 5 nitrogen and oxygen atoms in total. The number of hydrogen-bond acceptors (Lipinski definition) is 4. The Balaban J connectivity index is 1.92. The lowest BCUT2D eigenvalue weighted by molar-refractivity contribution is -0.124. The third-order valence-electron chi connectivity index (χ3n) is 4.41. The van der Waals surface area contributed by atoms with E-state index >= 15 is 0 Å². The average molecular weight is 351 g/mol. The molecule has 1 fully saturated rings. The van der Waals surface area contributed by atoms with Crippen LogP contribution in [0.3, 0.4) is 0 Å². The summed E-state index contributed by atoms with van der Waals surface area (Å²) in [5.74, 6) is -0.710. The number of hydrogen-bond donors (Lipinski definition) is 2. The van der Waals surface area contributed by atoms with Gasteiger partial charge in [0.2, 0.25) is 11.9 Å². The fourth-order valence-electron chi connectivity index (χ4n) is 3.27. The number of guanidine groups is 1. The molecule has 23 heavy (non-hydrogen) atoms. The number of amides is 1. The van der Waals surface area contributed by atoms with Crippen LogP contribution in [0.25, 0.3) is 0 Å². The van der Waals surface area contributed by atoms with E-state index in [4.69, 9.17) is 28.2 Å².